The van der Waals surface area contributed by atoms with Crippen molar-refractivity contribution in [3.63, 3.8) is 0 Å². The third kappa shape index (κ3) is 3.58. The molecule has 6 nitrogen and oxygen atoms in total. The normalized spacial score (nSPS) is 26.0. The second-order valence-corrected chi connectivity index (χ2v) is 6.79. The molecule has 1 aromatic heterocycles. The first-order chi connectivity index (χ1) is 11.1. The van der Waals surface area contributed by atoms with E-state index in [0.717, 1.165) is 56.4 Å². The van der Waals surface area contributed by atoms with Gasteiger partial charge in [-0.1, -0.05) is 12.1 Å². The smallest absolute Gasteiger partial charge is 0.222 e. The van der Waals surface area contributed by atoms with E-state index in [2.05, 4.69) is 17.0 Å². The van der Waals surface area contributed by atoms with Crippen LogP contribution >= 0.6 is 0 Å². The predicted octanol–water partition coefficient (Wildman–Crippen LogP) is 1.40. The molecular weight excluding hydrogens is 294 g/mol. The van der Waals surface area contributed by atoms with Gasteiger partial charge in [0.2, 0.25) is 5.91 Å². The van der Waals surface area contributed by atoms with E-state index in [1.165, 1.54) is 0 Å². The van der Waals surface area contributed by atoms with Crippen LogP contribution < -0.4 is 0 Å². The molecule has 23 heavy (non-hydrogen) atoms. The van der Waals surface area contributed by atoms with Gasteiger partial charge in [-0.05, 0) is 26.2 Å². The predicted molar refractivity (Wildman–Crippen MR) is 86.2 cm³/mol. The number of ether oxygens (including phenoxy) is 1. The summed E-state index contributed by atoms with van der Waals surface area (Å²) in [4.78, 5) is 17.1. The second kappa shape index (κ2) is 7.01. The van der Waals surface area contributed by atoms with E-state index >= 15 is 0 Å². The summed E-state index contributed by atoms with van der Waals surface area (Å²) in [5.74, 6) is 1.60. The Bertz CT molecular complexity index is 532. The maximum atomic E-state index is 12.6. The summed E-state index contributed by atoms with van der Waals surface area (Å²) in [5.41, 5.74) is 1.98. The quantitative estimate of drug-likeness (QED) is 0.839. The molecule has 0 unspecified atom stereocenters. The van der Waals surface area contributed by atoms with Crippen LogP contribution in [0.4, 0.5) is 0 Å². The zero-order valence-electron chi connectivity index (χ0n) is 14.4. The van der Waals surface area contributed by atoms with Gasteiger partial charge in [-0.15, -0.1) is 0 Å². The zero-order chi connectivity index (χ0) is 16.4. The first kappa shape index (κ1) is 16.5. The van der Waals surface area contributed by atoms with Gasteiger partial charge in [-0.25, -0.2) is 0 Å². The Balaban J connectivity index is 1.54. The highest BCUT2D eigenvalue weighted by Gasteiger charge is 2.36. The Hall–Kier alpha value is -1.40. The number of morpholine rings is 1. The van der Waals surface area contributed by atoms with E-state index in [-0.39, 0.29) is 5.91 Å². The number of hydrogen-bond acceptors (Lipinski definition) is 5. The molecular formula is C17H27N3O3. The van der Waals surface area contributed by atoms with Crippen molar-refractivity contribution in [2.75, 3.05) is 39.4 Å². The minimum atomic E-state index is 0.243. The third-order valence-corrected chi connectivity index (χ3v) is 5.21. The highest BCUT2D eigenvalue weighted by atomic mass is 16.5. The molecule has 3 rings (SSSR count). The molecule has 0 spiro atoms. The van der Waals surface area contributed by atoms with Crippen LogP contribution in [-0.4, -0.2) is 66.3 Å². The van der Waals surface area contributed by atoms with Crippen LogP contribution in [0.1, 0.15) is 30.4 Å². The SMILES string of the molecule is Cc1noc(C)c1CCC(=O)N1C[C@@H](C)[C@H](N2CCOCC2)C1. The summed E-state index contributed by atoms with van der Waals surface area (Å²) >= 11 is 0. The Morgan fingerprint density at radius 2 is 2.00 bits per heavy atom. The van der Waals surface area contributed by atoms with E-state index < -0.39 is 0 Å². The Morgan fingerprint density at radius 1 is 1.26 bits per heavy atom. The second-order valence-electron chi connectivity index (χ2n) is 6.79. The molecule has 3 heterocycles. The monoisotopic (exact) mass is 321 g/mol. The molecule has 0 radical (unpaired) electrons. The number of carbonyl (C=O) groups excluding carboxylic acids is 1. The molecule has 0 saturated carbocycles. The molecule has 128 valence electrons. The highest BCUT2D eigenvalue weighted by molar-refractivity contribution is 5.77. The van der Waals surface area contributed by atoms with Crippen LogP contribution in [-0.2, 0) is 16.0 Å². The Morgan fingerprint density at radius 3 is 2.65 bits per heavy atom. The molecule has 2 saturated heterocycles. The van der Waals surface area contributed by atoms with Crippen molar-refractivity contribution in [1.29, 1.82) is 0 Å². The number of amides is 1. The van der Waals surface area contributed by atoms with Crippen molar-refractivity contribution < 1.29 is 14.1 Å². The molecule has 2 fully saturated rings. The first-order valence-electron chi connectivity index (χ1n) is 8.57. The number of aryl methyl sites for hydroxylation is 2. The van der Waals surface area contributed by atoms with Gasteiger partial charge in [0.05, 0.1) is 18.9 Å². The fourth-order valence-corrected chi connectivity index (χ4v) is 3.79. The topological polar surface area (TPSA) is 58.8 Å². The lowest BCUT2D eigenvalue weighted by Crippen LogP contribution is -2.47. The van der Waals surface area contributed by atoms with Gasteiger partial charge < -0.3 is 14.2 Å². The summed E-state index contributed by atoms with van der Waals surface area (Å²) in [5, 5.41) is 3.96. The van der Waals surface area contributed by atoms with E-state index in [1.807, 2.05) is 18.7 Å². The van der Waals surface area contributed by atoms with Crippen molar-refractivity contribution in [2.45, 2.75) is 39.7 Å². The molecule has 2 aliphatic heterocycles. The summed E-state index contributed by atoms with van der Waals surface area (Å²) in [7, 11) is 0. The Labute approximate surface area is 137 Å². The fraction of sp³-hybridized carbons (Fsp3) is 0.765. The van der Waals surface area contributed by atoms with E-state index in [4.69, 9.17) is 9.26 Å². The van der Waals surface area contributed by atoms with Gasteiger partial charge >= 0.3 is 0 Å². The minimum absolute atomic E-state index is 0.243. The lowest BCUT2D eigenvalue weighted by atomic mass is 10.0. The van der Waals surface area contributed by atoms with Gasteiger partial charge in [0.1, 0.15) is 5.76 Å². The van der Waals surface area contributed by atoms with Gasteiger partial charge in [-0.3, -0.25) is 9.69 Å². The van der Waals surface area contributed by atoms with Crippen molar-refractivity contribution >= 4 is 5.91 Å². The number of carbonyl (C=O) groups is 1. The first-order valence-corrected chi connectivity index (χ1v) is 8.57. The zero-order valence-corrected chi connectivity index (χ0v) is 14.4. The van der Waals surface area contributed by atoms with E-state index in [9.17, 15) is 4.79 Å². The average molecular weight is 321 g/mol. The van der Waals surface area contributed by atoms with Gasteiger partial charge in [-0.2, -0.15) is 0 Å². The lowest BCUT2D eigenvalue weighted by molar-refractivity contribution is -0.130. The van der Waals surface area contributed by atoms with Crippen molar-refractivity contribution in [2.24, 2.45) is 5.92 Å². The molecule has 1 aromatic rings. The van der Waals surface area contributed by atoms with E-state index in [1.54, 1.807) is 0 Å². The fourth-order valence-electron chi connectivity index (χ4n) is 3.79. The van der Waals surface area contributed by atoms with Crippen LogP contribution in [0.3, 0.4) is 0 Å². The number of aromatic nitrogens is 1. The minimum Gasteiger partial charge on any atom is -0.379 e. The summed E-state index contributed by atoms with van der Waals surface area (Å²) < 4.78 is 10.6. The van der Waals surface area contributed by atoms with Crippen LogP contribution in [0.5, 0.6) is 0 Å². The van der Waals surface area contributed by atoms with Crippen LogP contribution in [0.15, 0.2) is 4.52 Å². The highest BCUT2D eigenvalue weighted by Crippen LogP contribution is 2.24. The Kier molecular flexibility index (Phi) is 5.02. The molecule has 0 bridgehead atoms. The van der Waals surface area contributed by atoms with Crippen molar-refractivity contribution in [3.8, 4) is 0 Å². The van der Waals surface area contributed by atoms with Crippen molar-refractivity contribution in [3.05, 3.63) is 17.0 Å². The molecule has 2 atom stereocenters. The molecule has 0 N–H and O–H groups in total. The van der Waals surface area contributed by atoms with Gasteiger partial charge in [0.25, 0.3) is 0 Å². The number of hydrogen-bond donors (Lipinski definition) is 0. The lowest BCUT2D eigenvalue weighted by Gasteiger charge is -2.34. The maximum Gasteiger partial charge on any atom is 0.222 e. The van der Waals surface area contributed by atoms with E-state index in [0.29, 0.717) is 24.8 Å². The number of nitrogens with zero attached hydrogens (tertiary/aromatic N) is 3. The number of rotatable bonds is 4. The van der Waals surface area contributed by atoms with Gasteiger partial charge in [0, 0.05) is 44.2 Å². The molecule has 0 aliphatic carbocycles. The molecule has 2 aliphatic rings. The number of likely N-dealkylation sites (tertiary alicyclic amines) is 1. The maximum absolute atomic E-state index is 12.6. The molecule has 1 amide bonds. The van der Waals surface area contributed by atoms with Crippen molar-refractivity contribution in [1.82, 2.24) is 15.0 Å². The van der Waals surface area contributed by atoms with Gasteiger partial charge in [0.15, 0.2) is 0 Å². The standard InChI is InChI=1S/C17H27N3O3/c1-12-10-20(11-16(12)19-6-8-22-9-7-19)17(21)5-4-15-13(2)18-23-14(15)3/h12,16H,4-11H2,1-3H3/t12-,16-/m1/s1. The molecule has 0 aromatic carbocycles. The summed E-state index contributed by atoms with van der Waals surface area (Å²) in [6, 6.07) is 0.474. The summed E-state index contributed by atoms with van der Waals surface area (Å²) in [6.45, 7) is 11.4. The third-order valence-electron chi connectivity index (χ3n) is 5.21. The van der Waals surface area contributed by atoms with Crippen LogP contribution in [0.25, 0.3) is 0 Å². The average Bonchev–Trinajstić information content (AvgIpc) is 3.09. The summed E-state index contributed by atoms with van der Waals surface area (Å²) in [6.07, 6.45) is 1.25. The van der Waals surface area contributed by atoms with Crippen LogP contribution in [0.2, 0.25) is 0 Å². The largest absolute Gasteiger partial charge is 0.379 e. The van der Waals surface area contributed by atoms with Crippen LogP contribution in [0, 0.1) is 19.8 Å². The molecule has 6 heteroatoms.